The minimum atomic E-state index is 0.633. The van der Waals surface area contributed by atoms with Crippen molar-refractivity contribution in [2.75, 3.05) is 18.6 Å². The van der Waals surface area contributed by atoms with Crippen LogP contribution in [0.4, 0.5) is 0 Å². The zero-order valence-electron chi connectivity index (χ0n) is 7.97. The Morgan fingerprint density at radius 2 is 2.42 bits per heavy atom. The largest absolute Gasteiger partial charge is 0.360 e. The summed E-state index contributed by atoms with van der Waals surface area (Å²) in [7, 11) is 2.06. The van der Waals surface area contributed by atoms with Crippen molar-refractivity contribution in [2.24, 2.45) is 0 Å². The molecule has 1 fully saturated rings. The van der Waals surface area contributed by atoms with E-state index in [0.29, 0.717) is 6.04 Å². The van der Waals surface area contributed by atoms with Gasteiger partial charge in [0.1, 0.15) is 0 Å². The standard InChI is InChI=1S/C9H18N2S/c1-3-4-9(10)11(2)8-5-6-12-7-8/h8,10H,3-7H2,1-2H3. The summed E-state index contributed by atoms with van der Waals surface area (Å²) in [6.07, 6.45) is 3.27. The van der Waals surface area contributed by atoms with Crippen molar-refractivity contribution in [3.8, 4) is 0 Å². The lowest BCUT2D eigenvalue weighted by Crippen LogP contribution is -2.36. The van der Waals surface area contributed by atoms with Gasteiger partial charge in [-0.2, -0.15) is 11.8 Å². The van der Waals surface area contributed by atoms with Gasteiger partial charge in [0.2, 0.25) is 0 Å². The molecule has 1 atom stereocenters. The average Bonchev–Trinajstić information content (AvgIpc) is 2.55. The highest BCUT2D eigenvalue weighted by atomic mass is 32.2. The van der Waals surface area contributed by atoms with Gasteiger partial charge in [0.25, 0.3) is 0 Å². The van der Waals surface area contributed by atoms with Crippen molar-refractivity contribution in [3.05, 3.63) is 0 Å². The highest BCUT2D eigenvalue weighted by molar-refractivity contribution is 7.99. The molecule has 0 bridgehead atoms. The fraction of sp³-hybridized carbons (Fsp3) is 0.889. The van der Waals surface area contributed by atoms with Crippen LogP contribution in [-0.2, 0) is 0 Å². The van der Waals surface area contributed by atoms with Gasteiger partial charge >= 0.3 is 0 Å². The van der Waals surface area contributed by atoms with Crippen LogP contribution in [-0.4, -0.2) is 35.3 Å². The molecular weight excluding hydrogens is 168 g/mol. The summed E-state index contributed by atoms with van der Waals surface area (Å²) < 4.78 is 0. The fourth-order valence-electron chi connectivity index (χ4n) is 1.46. The van der Waals surface area contributed by atoms with Gasteiger partial charge in [-0.1, -0.05) is 6.92 Å². The molecule has 1 aliphatic rings. The zero-order valence-corrected chi connectivity index (χ0v) is 8.78. The van der Waals surface area contributed by atoms with E-state index in [0.717, 1.165) is 18.7 Å². The van der Waals surface area contributed by atoms with Crippen LogP contribution in [0.3, 0.4) is 0 Å². The summed E-state index contributed by atoms with van der Waals surface area (Å²) in [5, 5.41) is 7.78. The number of nitrogens with one attached hydrogen (secondary N) is 1. The Morgan fingerprint density at radius 1 is 1.67 bits per heavy atom. The molecule has 1 heterocycles. The van der Waals surface area contributed by atoms with Crippen molar-refractivity contribution in [1.29, 1.82) is 5.41 Å². The molecule has 2 nitrogen and oxygen atoms in total. The first-order chi connectivity index (χ1) is 5.75. The molecule has 3 heteroatoms. The number of rotatable bonds is 3. The quantitative estimate of drug-likeness (QED) is 0.540. The molecule has 0 saturated carbocycles. The molecule has 1 saturated heterocycles. The van der Waals surface area contributed by atoms with E-state index in [1.807, 2.05) is 11.8 Å². The monoisotopic (exact) mass is 186 g/mol. The van der Waals surface area contributed by atoms with Crippen LogP contribution in [0.25, 0.3) is 0 Å². The Kier molecular flexibility index (Phi) is 3.92. The van der Waals surface area contributed by atoms with E-state index in [9.17, 15) is 0 Å². The van der Waals surface area contributed by atoms with Crippen LogP contribution in [0.15, 0.2) is 0 Å². The third kappa shape index (κ3) is 2.41. The van der Waals surface area contributed by atoms with Crippen molar-refractivity contribution in [1.82, 2.24) is 4.90 Å². The summed E-state index contributed by atoms with van der Waals surface area (Å²) in [5.74, 6) is 3.29. The second-order valence-electron chi connectivity index (χ2n) is 3.33. The van der Waals surface area contributed by atoms with E-state index in [1.165, 1.54) is 17.9 Å². The first kappa shape index (κ1) is 9.90. The maximum atomic E-state index is 7.78. The van der Waals surface area contributed by atoms with Crippen LogP contribution in [0, 0.1) is 5.41 Å². The van der Waals surface area contributed by atoms with Crippen LogP contribution in [0.2, 0.25) is 0 Å². The van der Waals surface area contributed by atoms with Gasteiger partial charge in [-0.05, 0) is 18.6 Å². The Balaban J connectivity index is 2.34. The minimum absolute atomic E-state index is 0.633. The molecule has 0 spiro atoms. The maximum Gasteiger partial charge on any atom is 0.0957 e. The van der Waals surface area contributed by atoms with Gasteiger partial charge in [-0.3, -0.25) is 5.41 Å². The summed E-state index contributed by atoms with van der Waals surface area (Å²) in [4.78, 5) is 2.16. The van der Waals surface area contributed by atoms with E-state index < -0.39 is 0 Å². The second kappa shape index (κ2) is 4.75. The first-order valence-electron chi connectivity index (χ1n) is 4.63. The molecule has 1 aliphatic heterocycles. The lowest BCUT2D eigenvalue weighted by Gasteiger charge is -2.26. The van der Waals surface area contributed by atoms with E-state index in [-0.39, 0.29) is 0 Å². The van der Waals surface area contributed by atoms with Gasteiger partial charge in [0, 0.05) is 25.3 Å². The van der Waals surface area contributed by atoms with E-state index in [1.54, 1.807) is 0 Å². The second-order valence-corrected chi connectivity index (χ2v) is 4.47. The third-order valence-electron chi connectivity index (χ3n) is 2.37. The summed E-state index contributed by atoms with van der Waals surface area (Å²) >= 11 is 2.01. The molecule has 1 unspecified atom stereocenters. The molecule has 0 radical (unpaired) electrons. The lowest BCUT2D eigenvalue weighted by molar-refractivity contribution is 0.387. The number of amidine groups is 1. The molecule has 0 aromatic rings. The van der Waals surface area contributed by atoms with Crippen LogP contribution in [0.5, 0.6) is 0 Å². The van der Waals surface area contributed by atoms with Gasteiger partial charge in [0.15, 0.2) is 0 Å². The molecule has 1 N–H and O–H groups in total. The van der Waals surface area contributed by atoms with E-state index in [4.69, 9.17) is 5.41 Å². The minimum Gasteiger partial charge on any atom is -0.360 e. The van der Waals surface area contributed by atoms with Crippen molar-refractivity contribution in [2.45, 2.75) is 32.2 Å². The van der Waals surface area contributed by atoms with Gasteiger partial charge in [-0.25, -0.2) is 0 Å². The normalized spacial score (nSPS) is 22.7. The first-order valence-corrected chi connectivity index (χ1v) is 5.79. The summed E-state index contributed by atoms with van der Waals surface area (Å²) in [5.41, 5.74) is 0. The van der Waals surface area contributed by atoms with Gasteiger partial charge < -0.3 is 4.90 Å². The Bertz CT molecular complexity index is 153. The number of hydrogen-bond acceptors (Lipinski definition) is 2. The lowest BCUT2D eigenvalue weighted by atomic mass is 10.2. The highest BCUT2D eigenvalue weighted by Gasteiger charge is 2.21. The zero-order chi connectivity index (χ0) is 8.97. The topological polar surface area (TPSA) is 27.1 Å². The van der Waals surface area contributed by atoms with Crippen molar-refractivity contribution >= 4 is 17.6 Å². The van der Waals surface area contributed by atoms with Crippen molar-refractivity contribution < 1.29 is 0 Å². The molecule has 0 aliphatic carbocycles. The van der Waals surface area contributed by atoms with E-state index >= 15 is 0 Å². The number of thioether (sulfide) groups is 1. The smallest absolute Gasteiger partial charge is 0.0957 e. The van der Waals surface area contributed by atoms with Crippen LogP contribution < -0.4 is 0 Å². The van der Waals surface area contributed by atoms with Crippen molar-refractivity contribution in [3.63, 3.8) is 0 Å². The molecule has 1 rings (SSSR count). The highest BCUT2D eigenvalue weighted by Crippen LogP contribution is 2.21. The predicted molar refractivity (Wildman–Crippen MR) is 56.1 cm³/mol. The Morgan fingerprint density at radius 3 is 2.92 bits per heavy atom. The van der Waals surface area contributed by atoms with Gasteiger partial charge in [0.05, 0.1) is 5.84 Å². The third-order valence-corrected chi connectivity index (χ3v) is 3.51. The molecule has 0 amide bonds. The molecule has 0 aromatic carbocycles. The van der Waals surface area contributed by atoms with E-state index in [2.05, 4.69) is 18.9 Å². The van der Waals surface area contributed by atoms with Crippen LogP contribution in [0.1, 0.15) is 26.2 Å². The maximum absolute atomic E-state index is 7.78. The number of hydrogen-bond donors (Lipinski definition) is 1. The number of nitrogens with zero attached hydrogens (tertiary/aromatic N) is 1. The molecular formula is C9H18N2S. The SMILES string of the molecule is CCCC(=N)N(C)C1CCSC1. The molecule has 70 valence electrons. The Labute approximate surface area is 79.2 Å². The van der Waals surface area contributed by atoms with Gasteiger partial charge in [-0.15, -0.1) is 0 Å². The summed E-state index contributed by atoms with van der Waals surface area (Å²) in [6, 6.07) is 0.633. The summed E-state index contributed by atoms with van der Waals surface area (Å²) in [6.45, 7) is 2.13. The Hall–Kier alpha value is -0.180. The fourth-order valence-corrected chi connectivity index (χ4v) is 2.73. The molecule has 0 aromatic heterocycles. The average molecular weight is 186 g/mol. The predicted octanol–water partition coefficient (Wildman–Crippen LogP) is 2.20. The molecule has 12 heavy (non-hydrogen) atoms. The van der Waals surface area contributed by atoms with Crippen LogP contribution >= 0.6 is 11.8 Å².